The highest BCUT2D eigenvalue weighted by Gasteiger charge is 2.45. The summed E-state index contributed by atoms with van der Waals surface area (Å²) >= 11 is 0. The van der Waals surface area contributed by atoms with E-state index in [2.05, 4.69) is 198 Å². The highest BCUT2D eigenvalue weighted by atomic mass is 16.3. The first kappa shape index (κ1) is 39.2. The minimum atomic E-state index is -0.357. The zero-order valence-corrected chi connectivity index (χ0v) is 40.2. The van der Waals surface area contributed by atoms with Crippen molar-refractivity contribution in [3.8, 4) is 44.5 Å². The third-order valence-electron chi connectivity index (χ3n) is 17.3. The second-order valence-electron chi connectivity index (χ2n) is 21.7. The normalized spacial score (nSPS) is 15.3. The molecule has 72 heavy (non-hydrogen) atoms. The molecule has 0 atom stereocenters. The molecule has 0 unspecified atom stereocenters. The summed E-state index contributed by atoms with van der Waals surface area (Å²) in [5.41, 5.74) is 21.3. The van der Waals surface area contributed by atoms with E-state index in [1.807, 2.05) is 0 Å². The van der Waals surface area contributed by atoms with E-state index >= 15 is 0 Å². The molecule has 0 amide bonds. The van der Waals surface area contributed by atoms with Crippen molar-refractivity contribution in [1.29, 1.82) is 0 Å². The molecule has 3 aliphatic rings. The van der Waals surface area contributed by atoms with Gasteiger partial charge in [0.25, 0.3) is 0 Å². The third-order valence-corrected chi connectivity index (χ3v) is 17.3. The molecule has 17 rings (SSSR count). The minimum absolute atomic E-state index is 0.354. The maximum Gasteiger partial charge on any atom is 0.144 e. The van der Waals surface area contributed by atoms with Crippen LogP contribution in [0.2, 0.25) is 0 Å². The molecule has 0 radical (unpaired) electrons. The molecule has 4 heteroatoms. The molecule has 340 valence electrons. The molecule has 10 aromatic carbocycles. The third kappa shape index (κ3) is 4.83. The predicted molar refractivity (Wildman–Crippen MR) is 296 cm³/mol. The topological polar surface area (TPSA) is 52.6 Å². The summed E-state index contributed by atoms with van der Waals surface area (Å²) in [5, 5.41) is 13.8. The van der Waals surface area contributed by atoms with Crippen molar-refractivity contribution in [2.75, 3.05) is 0 Å². The fourth-order valence-corrected chi connectivity index (χ4v) is 13.7. The Morgan fingerprint density at radius 1 is 0.347 bits per heavy atom. The predicted octanol–water partition coefficient (Wildman–Crippen LogP) is 17.7. The van der Waals surface area contributed by atoms with Gasteiger partial charge in [-0.3, -0.25) is 0 Å². The summed E-state index contributed by atoms with van der Waals surface area (Å²) < 4.78 is 27.5. The van der Waals surface area contributed by atoms with Gasteiger partial charge >= 0.3 is 0 Å². The van der Waals surface area contributed by atoms with Crippen LogP contribution in [0.1, 0.15) is 62.8 Å². The minimum Gasteiger partial charge on any atom is -0.455 e. The van der Waals surface area contributed by atoms with Gasteiger partial charge in [-0.2, -0.15) is 0 Å². The van der Waals surface area contributed by atoms with Gasteiger partial charge in [0.1, 0.15) is 44.7 Å². The van der Waals surface area contributed by atoms with E-state index in [-0.39, 0.29) is 10.8 Å². The molecule has 0 saturated heterocycles. The lowest BCUT2D eigenvalue weighted by Crippen LogP contribution is -2.26. The summed E-state index contributed by atoms with van der Waals surface area (Å²) in [6, 6.07) is 57.9. The Bertz CT molecular complexity index is 4980. The van der Waals surface area contributed by atoms with Crippen LogP contribution in [0.5, 0.6) is 0 Å². The number of rotatable bonds is 2. The number of hydrogen-bond acceptors (Lipinski definition) is 4. The van der Waals surface area contributed by atoms with Crippen molar-refractivity contribution >= 4 is 111 Å². The molecule has 0 bridgehead atoms. The molecule has 0 saturated carbocycles. The van der Waals surface area contributed by atoms with Crippen molar-refractivity contribution in [2.24, 2.45) is 0 Å². The molecule has 0 N–H and O–H groups in total. The standard InChI is InChI=1S/C68H44O4/c1-67(2)51-33-50-52(34-49(51)61-53(67)31-45(59-43-17-9-11-19-55(43)71-65(59)61)37-23-27-57-47(29-37)41-25-21-35-13-5-7-15-39(35)63(41)69-57)68(3,4)54-32-46(60-44-18-10-12-20-56(44)72-66(60)62(50)54)38-24-28-58-48(30-38)42-26-22-36-14-6-8-16-40(36)64(42)70-58/h5,7,9-34H,6,8H2,1-4H3. The first-order valence-electron chi connectivity index (χ1n) is 25.4. The fourth-order valence-electron chi connectivity index (χ4n) is 13.7. The number of para-hydroxylation sites is 2. The van der Waals surface area contributed by atoms with Crippen molar-refractivity contribution in [3.05, 3.63) is 190 Å². The molecular formula is C68H44O4. The maximum atomic E-state index is 7.13. The molecule has 4 heterocycles. The molecule has 4 aromatic heterocycles. The first-order chi connectivity index (χ1) is 35.2. The average molecular weight is 925 g/mol. The van der Waals surface area contributed by atoms with Crippen molar-refractivity contribution in [3.63, 3.8) is 0 Å². The highest BCUT2D eigenvalue weighted by Crippen LogP contribution is 2.61. The molecule has 0 aliphatic heterocycles. The van der Waals surface area contributed by atoms with Crippen LogP contribution < -0.4 is 10.4 Å². The lowest BCUT2D eigenvalue weighted by molar-refractivity contribution is 0.648. The van der Waals surface area contributed by atoms with Crippen LogP contribution in [-0.2, 0) is 10.8 Å². The van der Waals surface area contributed by atoms with Crippen molar-refractivity contribution in [2.45, 2.75) is 51.4 Å². The molecule has 3 aliphatic carbocycles. The van der Waals surface area contributed by atoms with Crippen LogP contribution in [0.4, 0.5) is 0 Å². The fraction of sp³-hybridized carbons (Fsp3) is 0.118. The van der Waals surface area contributed by atoms with Gasteiger partial charge in [0.15, 0.2) is 0 Å². The van der Waals surface area contributed by atoms with Crippen LogP contribution >= 0.6 is 0 Å². The largest absolute Gasteiger partial charge is 0.455 e. The summed E-state index contributed by atoms with van der Waals surface area (Å²) in [5.74, 6) is 0. The number of hydrogen-bond donors (Lipinski definition) is 0. The lowest BCUT2D eigenvalue weighted by Gasteiger charge is -2.24. The van der Waals surface area contributed by atoms with E-state index in [4.69, 9.17) is 17.7 Å². The zero-order valence-electron chi connectivity index (χ0n) is 40.2. The van der Waals surface area contributed by atoms with Gasteiger partial charge in [0.2, 0.25) is 0 Å². The SMILES string of the molecule is CC1(C)c2cc3c(cc2-c2c1cc(-c1ccc4oc5c6c(ccc5c4c1)=CCCC=6)c1c2oc2ccccc21)C(C)(C)c1cc(-c2ccc4oc5c6ccccc6ccc5c4c2)c2c(oc4ccccc42)c1-3. The maximum absolute atomic E-state index is 7.13. The Morgan fingerprint density at radius 3 is 1.43 bits per heavy atom. The highest BCUT2D eigenvalue weighted by molar-refractivity contribution is 6.22. The van der Waals surface area contributed by atoms with Gasteiger partial charge in [-0.25, -0.2) is 0 Å². The van der Waals surface area contributed by atoms with E-state index in [1.54, 1.807) is 0 Å². The van der Waals surface area contributed by atoms with Gasteiger partial charge in [0.05, 0.1) is 0 Å². The van der Waals surface area contributed by atoms with E-state index < -0.39 is 0 Å². The van der Waals surface area contributed by atoms with Gasteiger partial charge in [-0.05, 0) is 152 Å². The molecule has 4 nitrogen and oxygen atoms in total. The second-order valence-corrected chi connectivity index (χ2v) is 21.7. The lowest BCUT2D eigenvalue weighted by atomic mass is 9.78. The summed E-state index contributed by atoms with van der Waals surface area (Å²) in [6.07, 6.45) is 6.76. The van der Waals surface area contributed by atoms with E-state index in [0.29, 0.717) is 0 Å². The second kappa shape index (κ2) is 13.2. The van der Waals surface area contributed by atoms with E-state index in [1.165, 1.54) is 71.5 Å². The van der Waals surface area contributed by atoms with E-state index in [0.717, 1.165) is 117 Å². The molecular weight excluding hydrogens is 881 g/mol. The smallest absolute Gasteiger partial charge is 0.144 e. The van der Waals surface area contributed by atoms with Gasteiger partial charge in [0, 0.05) is 75.7 Å². The van der Waals surface area contributed by atoms with Crippen LogP contribution in [0.15, 0.2) is 175 Å². The van der Waals surface area contributed by atoms with Crippen LogP contribution in [0, 0.1) is 0 Å². The number of benzene rings is 10. The Balaban J connectivity index is 0.887. The van der Waals surface area contributed by atoms with Crippen LogP contribution in [0.25, 0.3) is 155 Å². The summed E-state index contributed by atoms with van der Waals surface area (Å²) in [4.78, 5) is 0. The van der Waals surface area contributed by atoms with Gasteiger partial charge < -0.3 is 17.7 Å². The van der Waals surface area contributed by atoms with E-state index in [9.17, 15) is 0 Å². The molecule has 0 fully saturated rings. The first-order valence-corrected chi connectivity index (χ1v) is 25.4. The average Bonchev–Trinajstić information content (AvgIpc) is 4.25. The molecule has 14 aromatic rings. The van der Waals surface area contributed by atoms with Crippen LogP contribution in [-0.4, -0.2) is 0 Å². The van der Waals surface area contributed by atoms with Crippen molar-refractivity contribution in [1.82, 2.24) is 0 Å². The monoisotopic (exact) mass is 924 g/mol. The van der Waals surface area contributed by atoms with Gasteiger partial charge in [-0.1, -0.05) is 125 Å². The summed E-state index contributed by atoms with van der Waals surface area (Å²) in [7, 11) is 0. The Morgan fingerprint density at radius 2 is 0.819 bits per heavy atom. The Kier molecular flexibility index (Phi) is 7.19. The Labute approximate surface area is 412 Å². The Hall–Kier alpha value is -8.60. The molecule has 0 spiro atoms. The van der Waals surface area contributed by atoms with Crippen molar-refractivity contribution < 1.29 is 17.7 Å². The number of fused-ring (bicyclic) bond motifs is 24. The quantitative estimate of drug-likeness (QED) is 0.173. The van der Waals surface area contributed by atoms with Crippen LogP contribution in [0.3, 0.4) is 0 Å². The summed E-state index contributed by atoms with van der Waals surface area (Å²) in [6.45, 7) is 9.57. The van der Waals surface area contributed by atoms with Gasteiger partial charge in [-0.15, -0.1) is 0 Å². The zero-order chi connectivity index (χ0) is 47.5. The number of furan rings is 4.